The maximum Gasteiger partial charge on any atom is 0.377 e. The van der Waals surface area contributed by atoms with Gasteiger partial charge in [-0.1, -0.05) is 61.5 Å². The van der Waals surface area contributed by atoms with E-state index in [0.29, 0.717) is 0 Å². The van der Waals surface area contributed by atoms with Gasteiger partial charge in [0.25, 0.3) is 0 Å². The van der Waals surface area contributed by atoms with E-state index in [4.69, 9.17) is 0 Å². The van der Waals surface area contributed by atoms with Crippen LogP contribution in [0.25, 0.3) is 38.9 Å². The molecule has 0 spiro atoms. The summed E-state index contributed by atoms with van der Waals surface area (Å²) in [4.78, 5) is 0. The summed E-state index contributed by atoms with van der Waals surface area (Å²) < 4.78 is 4.92. The van der Waals surface area contributed by atoms with Crippen LogP contribution in [0.1, 0.15) is 18.9 Å². The van der Waals surface area contributed by atoms with E-state index in [1.165, 1.54) is 50.5 Å². The molecule has 4 aromatic carbocycles. The Balaban J connectivity index is 1.75. The molecule has 0 radical (unpaired) electrons. The van der Waals surface area contributed by atoms with Crippen molar-refractivity contribution in [2.24, 2.45) is 0 Å². The third-order valence-electron chi connectivity index (χ3n) is 6.10. The molecule has 2 bridgehead atoms. The zero-order valence-corrected chi connectivity index (χ0v) is 16.5. The van der Waals surface area contributed by atoms with E-state index in [1.54, 1.807) is 0 Å². The molecule has 2 nitrogen and oxygen atoms in total. The standard InChI is InChI=1S/C27H22N2/c1-2-23-16-19-12-15-25-26(17-19)28(23)27(29(25)24-10-4-3-5-11-24)22-14-13-20-8-6-7-9-21(20)18-22/h3-15,17-18H,2,16H2,1H3. The van der Waals surface area contributed by atoms with Crippen LogP contribution in [-0.2, 0) is 6.42 Å². The summed E-state index contributed by atoms with van der Waals surface area (Å²) in [5, 5.41) is 2.55. The maximum absolute atomic E-state index is 2.50. The van der Waals surface area contributed by atoms with Crippen LogP contribution in [0.4, 0.5) is 0 Å². The van der Waals surface area contributed by atoms with Gasteiger partial charge >= 0.3 is 5.82 Å². The van der Waals surface area contributed by atoms with Crippen molar-refractivity contribution in [1.29, 1.82) is 0 Å². The third kappa shape index (κ3) is 2.42. The second-order valence-electron chi connectivity index (χ2n) is 7.81. The monoisotopic (exact) mass is 374 g/mol. The summed E-state index contributed by atoms with van der Waals surface area (Å²) in [5.41, 5.74) is 6.42. The van der Waals surface area contributed by atoms with Gasteiger partial charge in [0.15, 0.2) is 11.2 Å². The lowest BCUT2D eigenvalue weighted by atomic mass is 9.99. The van der Waals surface area contributed by atoms with Crippen LogP contribution in [0.5, 0.6) is 0 Å². The van der Waals surface area contributed by atoms with Gasteiger partial charge in [-0.3, -0.25) is 4.57 Å². The fraction of sp³-hybridized carbons (Fsp3) is 0.111. The van der Waals surface area contributed by atoms with Crippen molar-refractivity contribution in [3.05, 3.63) is 103 Å². The first kappa shape index (κ1) is 16.4. The molecule has 1 aliphatic heterocycles. The first-order valence-electron chi connectivity index (χ1n) is 10.3. The van der Waals surface area contributed by atoms with Crippen LogP contribution in [0, 0.1) is 6.04 Å². The van der Waals surface area contributed by atoms with Crippen LogP contribution >= 0.6 is 0 Å². The fourth-order valence-electron chi connectivity index (χ4n) is 4.72. The molecule has 2 heterocycles. The molecule has 0 N–H and O–H groups in total. The van der Waals surface area contributed by atoms with Crippen LogP contribution in [-0.4, -0.2) is 0 Å². The highest BCUT2D eigenvalue weighted by atomic mass is 15.2. The van der Waals surface area contributed by atoms with Gasteiger partial charge in [-0.2, -0.15) is 0 Å². The zero-order chi connectivity index (χ0) is 19.4. The Morgan fingerprint density at radius 1 is 0.828 bits per heavy atom. The maximum atomic E-state index is 2.50. The van der Waals surface area contributed by atoms with Crippen LogP contribution < -0.4 is 9.13 Å². The average Bonchev–Trinajstić information content (AvgIpc) is 3.16. The number of hydrogen-bond acceptors (Lipinski definition) is 0. The molecule has 0 aliphatic carbocycles. The molecule has 6 rings (SSSR count). The van der Waals surface area contributed by atoms with Crippen LogP contribution in [0.2, 0.25) is 0 Å². The second-order valence-corrected chi connectivity index (χ2v) is 7.81. The third-order valence-corrected chi connectivity index (χ3v) is 6.10. The molecule has 0 saturated heterocycles. The van der Waals surface area contributed by atoms with Gasteiger partial charge in [-0.15, -0.1) is 17.7 Å². The van der Waals surface area contributed by atoms with Gasteiger partial charge in [0.1, 0.15) is 5.52 Å². The summed E-state index contributed by atoms with van der Waals surface area (Å²) in [7, 11) is 0. The van der Waals surface area contributed by atoms with Crippen molar-refractivity contribution < 1.29 is 9.13 Å². The largest absolute Gasteiger partial charge is 0.377 e. The molecular weight excluding hydrogens is 352 g/mol. The van der Waals surface area contributed by atoms with Gasteiger partial charge < -0.3 is 0 Å². The second kappa shape index (κ2) is 6.25. The Bertz CT molecular complexity index is 1360. The number of hydrogen-bond donors (Lipinski definition) is 0. The molecule has 2 heteroatoms. The van der Waals surface area contributed by atoms with E-state index in [2.05, 4.69) is 107 Å². The summed E-state index contributed by atoms with van der Waals surface area (Å²) in [6.07, 6.45) is 2.06. The Morgan fingerprint density at radius 2 is 1.62 bits per heavy atom. The van der Waals surface area contributed by atoms with E-state index in [9.17, 15) is 0 Å². The Hall–Kier alpha value is -3.52. The predicted octanol–water partition coefficient (Wildman–Crippen LogP) is 5.29. The molecular formula is C27H22N2. The van der Waals surface area contributed by atoms with Crippen molar-refractivity contribution in [3.63, 3.8) is 0 Å². The van der Waals surface area contributed by atoms with Crippen molar-refractivity contribution in [2.45, 2.75) is 19.8 Å². The van der Waals surface area contributed by atoms with Crippen molar-refractivity contribution >= 4 is 21.8 Å². The lowest BCUT2D eigenvalue weighted by Gasteiger charge is -2.22. The molecule has 140 valence electrons. The highest BCUT2D eigenvalue weighted by Gasteiger charge is 2.33. The van der Waals surface area contributed by atoms with Gasteiger partial charge in [0, 0.05) is 0 Å². The van der Waals surface area contributed by atoms with E-state index in [-0.39, 0.29) is 0 Å². The molecule has 5 aromatic rings. The molecule has 0 amide bonds. The number of benzene rings is 4. The molecule has 1 aromatic heterocycles. The number of aromatic nitrogens is 2. The van der Waals surface area contributed by atoms with Gasteiger partial charge in [0.2, 0.25) is 0 Å². The topological polar surface area (TPSA) is 7.76 Å². The van der Waals surface area contributed by atoms with E-state index in [1.807, 2.05) is 0 Å². The summed E-state index contributed by atoms with van der Waals surface area (Å²) in [6, 6.07) is 34.5. The smallest absolute Gasteiger partial charge is 0.251 e. The van der Waals surface area contributed by atoms with Crippen molar-refractivity contribution in [1.82, 2.24) is 0 Å². The molecule has 0 saturated carbocycles. The van der Waals surface area contributed by atoms with Crippen LogP contribution in [0.3, 0.4) is 0 Å². The normalized spacial score (nSPS) is 12.9. The number of imidazole rings is 1. The molecule has 0 fully saturated rings. The molecule has 1 aliphatic rings. The van der Waals surface area contributed by atoms with Crippen molar-refractivity contribution in [3.8, 4) is 17.1 Å². The lowest BCUT2D eigenvalue weighted by molar-refractivity contribution is -0.698. The molecule has 0 unspecified atom stereocenters. The molecule has 0 atom stereocenters. The predicted molar refractivity (Wildman–Crippen MR) is 117 cm³/mol. The quantitative estimate of drug-likeness (QED) is 0.299. The Morgan fingerprint density at radius 3 is 2.45 bits per heavy atom. The van der Waals surface area contributed by atoms with Crippen LogP contribution in [0.15, 0.2) is 91.0 Å². The highest BCUT2D eigenvalue weighted by Crippen LogP contribution is 2.30. The van der Waals surface area contributed by atoms with E-state index in [0.717, 1.165) is 12.8 Å². The minimum absolute atomic E-state index is 1.02. The summed E-state index contributed by atoms with van der Waals surface area (Å²) in [5.74, 6) is 1.24. The van der Waals surface area contributed by atoms with Gasteiger partial charge in [0.05, 0.1) is 11.6 Å². The zero-order valence-electron chi connectivity index (χ0n) is 16.5. The Kier molecular flexibility index (Phi) is 3.54. The van der Waals surface area contributed by atoms with E-state index >= 15 is 0 Å². The minimum atomic E-state index is 1.02. The fourth-order valence-corrected chi connectivity index (χ4v) is 4.72. The molecule has 29 heavy (non-hydrogen) atoms. The SMILES string of the molecule is CC[C-]1Cc2cc[c-]3c(c2)[n+]1c(-c1ccc2ccccc2c1)[n+]3-c1ccccc1. The van der Waals surface area contributed by atoms with Gasteiger partial charge in [-0.05, 0) is 47.9 Å². The number of fused-ring (bicyclic) bond motifs is 2. The summed E-state index contributed by atoms with van der Waals surface area (Å²) >= 11 is 0. The number of para-hydroxylation sites is 1. The Labute approximate surface area is 170 Å². The first-order chi connectivity index (χ1) is 14.3. The minimum Gasteiger partial charge on any atom is -0.251 e. The lowest BCUT2D eigenvalue weighted by Crippen LogP contribution is -2.48. The highest BCUT2D eigenvalue weighted by molar-refractivity contribution is 5.86. The average molecular weight is 374 g/mol. The summed E-state index contributed by atoms with van der Waals surface area (Å²) in [6.45, 7) is 2.27. The van der Waals surface area contributed by atoms with Crippen molar-refractivity contribution in [2.75, 3.05) is 0 Å². The number of nitrogens with zero attached hydrogens (tertiary/aromatic N) is 2. The number of rotatable bonds is 3. The first-order valence-corrected chi connectivity index (χ1v) is 10.3. The van der Waals surface area contributed by atoms with E-state index < -0.39 is 0 Å². The van der Waals surface area contributed by atoms with Gasteiger partial charge in [-0.25, -0.2) is 4.57 Å².